The van der Waals surface area contributed by atoms with Crippen LogP contribution in [0.2, 0.25) is 0 Å². The van der Waals surface area contributed by atoms with Crippen LogP contribution in [-0.2, 0) is 6.54 Å². The quantitative estimate of drug-likeness (QED) is 0.652. The van der Waals surface area contributed by atoms with Gasteiger partial charge < -0.3 is 20.1 Å². The minimum atomic E-state index is -0.370. The van der Waals surface area contributed by atoms with E-state index < -0.39 is 0 Å². The monoisotopic (exact) mass is 382 g/mol. The van der Waals surface area contributed by atoms with Gasteiger partial charge in [0.1, 0.15) is 28.8 Å². The third-order valence-electron chi connectivity index (χ3n) is 3.92. The van der Waals surface area contributed by atoms with Crippen LogP contribution >= 0.6 is 0 Å². The van der Waals surface area contributed by atoms with E-state index in [1.807, 2.05) is 0 Å². The van der Waals surface area contributed by atoms with E-state index in [9.17, 15) is 9.18 Å². The van der Waals surface area contributed by atoms with Crippen LogP contribution in [0.5, 0.6) is 11.5 Å². The Hall–Kier alpha value is -3.68. The molecule has 8 heteroatoms. The standard InChI is InChI=1S/C20H19FN4O3/c1-27-15-7-8-16(18(9-15)28-2)25-19-12-22-17(11-23-19)20(26)24-10-13-3-5-14(21)6-4-13/h3-9,11-12H,10H2,1-2H3,(H,23,25)(H,24,26). The number of nitrogens with zero attached hydrogens (tertiary/aromatic N) is 2. The van der Waals surface area contributed by atoms with Gasteiger partial charge in [-0.2, -0.15) is 0 Å². The van der Waals surface area contributed by atoms with Crippen molar-refractivity contribution >= 4 is 17.4 Å². The minimum Gasteiger partial charge on any atom is -0.497 e. The fourth-order valence-electron chi connectivity index (χ4n) is 2.42. The molecule has 0 bridgehead atoms. The number of hydrogen-bond acceptors (Lipinski definition) is 6. The molecular formula is C20H19FN4O3. The van der Waals surface area contributed by atoms with Crippen molar-refractivity contribution in [3.8, 4) is 11.5 Å². The molecule has 2 N–H and O–H groups in total. The summed E-state index contributed by atoms with van der Waals surface area (Å²) < 4.78 is 23.4. The molecule has 3 rings (SSSR count). The lowest BCUT2D eigenvalue weighted by Gasteiger charge is -2.12. The Morgan fingerprint density at radius 1 is 1.04 bits per heavy atom. The predicted octanol–water partition coefficient (Wildman–Crippen LogP) is 3.31. The van der Waals surface area contributed by atoms with Crippen LogP contribution in [0.3, 0.4) is 0 Å². The van der Waals surface area contributed by atoms with Crippen molar-refractivity contribution in [3.05, 3.63) is 71.9 Å². The van der Waals surface area contributed by atoms with E-state index in [1.54, 1.807) is 44.6 Å². The Kier molecular flexibility index (Phi) is 6.01. The van der Waals surface area contributed by atoms with Gasteiger partial charge in [0.25, 0.3) is 5.91 Å². The van der Waals surface area contributed by atoms with Crippen LogP contribution in [0.25, 0.3) is 0 Å². The SMILES string of the molecule is COc1ccc(Nc2cnc(C(=O)NCc3ccc(F)cc3)cn2)c(OC)c1. The minimum absolute atomic E-state index is 0.175. The molecule has 1 heterocycles. The van der Waals surface area contributed by atoms with Gasteiger partial charge in [-0.05, 0) is 29.8 Å². The lowest BCUT2D eigenvalue weighted by Crippen LogP contribution is -2.24. The number of methoxy groups -OCH3 is 2. The van der Waals surface area contributed by atoms with Crippen LogP contribution in [0, 0.1) is 5.82 Å². The summed E-state index contributed by atoms with van der Waals surface area (Å²) in [6.07, 6.45) is 2.83. The Bertz CT molecular complexity index is 947. The van der Waals surface area contributed by atoms with E-state index in [0.717, 1.165) is 5.56 Å². The number of carbonyl (C=O) groups is 1. The molecule has 0 fully saturated rings. The Balaban J connectivity index is 1.63. The number of anilines is 2. The molecule has 1 aromatic heterocycles. The molecule has 144 valence electrons. The molecule has 3 aromatic rings. The third-order valence-corrected chi connectivity index (χ3v) is 3.92. The molecule has 0 atom stereocenters. The van der Waals surface area contributed by atoms with Gasteiger partial charge in [-0.1, -0.05) is 12.1 Å². The lowest BCUT2D eigenvalue weighted by molar-refractivity contribution is 0.0945. The zero-order valence-electron chi connectivity index (χ0n) is 15.4. The molecule has 0 radical (unpaired) electrons. The Morgan fingerprint density at radius 3 is 2.46 bits per heavy atom. The van der Waals surface area contributed by atoms with Gasteiger partial charge in [0.15, 0.2) is 0 Å². The summed E-state index contributed by atoms with van der Waals surface area (Å²) in [4.78, 5) is 20.5. The summed E-state index contributed by atoms with van der Waals surface area (Å²) in [5, 5.41) is 5.80. The first-order chi connectivity index (χ1) is 13.6. The zero-order valence-corrected chi connectivity index (χ0v) is 15.4. The molecule has 1 amide bonds. The number of amides is 1. The van der Waals surface area contributed by atoms with Gasteiger partial charge in [-0.15, -0.1) is 0 Å². The largest absolute Gasteiger partial charge is 0.497 e. The van der Waals surface area contributed by atoms with Gasteiger partial charge in [0.2, 0.25) is 0 Å². The van der Waals surface area contributed by atoms with E-state index >= 15 is 0 Å². The molecule has 0 aliphatic rings. The van der Waals surface area contributed by atoms with Gasteiger partial charge in [0, 0.05) is 12.6 Å². The molecule has 28 heavy (non-hydrogen) atoms. The second-order valence-electron chi connectivity index (χ2n) is 5.79. The van der Waals surface area contributed by atoms with Crippen molar-refractivity contribution < 1.29 is 18.7 Å². The number of halogens is 1. The smallest absolute Gasteiger partial charge is 0.271 e. The topological polar surface area (TPSA) is 85.4 Å². The number of aromatic nitrogens is 2. The van der Waals surface area contributed by atoms with Crippen molar-refractivity contribution in [2.24, 2.45) is 0 Å². The first kappa shape index (κ1) is 19.1. The molecule has 7 nitrogen and oxygen atoms in total. The summed E-state index contributed by atoms with van der Waals surface area (Å²) in [7, 11) is 3.13. The van der Waals surface area contributed by atoms with E-state index in [4.69, 9.17) is 9.47 Å². The van der Waals surface area contributed by atoms with Crippen molar-refractivity contribution in [2.75, 3.05) is 19.5 Å². The maximum Gasteiger partial charge on any atom is 0.271 e. The maximum absolute atomic E-state index is 12.9. The van der Waals surface area contributed by atoms with Crippen molar-refractivity contribution in [2.45, 2.75) is 6.54 Å². The Morgan fingerprint density at radius 2 is 1.82 bits per heavy atom. The highest BCUT2D eigenvalue weighted by Gasteiger charge is 2.10. The van der Waals surface area contributed by atoms with Crippen molar-refractivity contribution in [3.63, 3.8) is 0 Å². The van der Waals surface area contributed by atoms with E-state index in [2.05, 4.69) is 20.6 Å². The van der Waals surface area contributed by atoms with E-state index in [-0.39, 0.29) is 24.0 Å². The molecule has 0 aliphatic carbocycles. The van der Waals surface area contributed by atoms with Crippen molar-refractivity contribution in [1.82, 2.24) is 15.3 Å². The normalized spacial score (nSPS) is 10.2. The van der Waals surface area contributed by atoms with E-state index in [1.165, 1.54) is 24.5 Å². The maximum atomic E-state index is 12.9. The van der Waals surface area contributed by atoms with Gasteiger partial charge in [-0.3, -0.25) is 4.79 Å². The van der Waals surface area contributed by atoms with Crippen LogP contribution in [0.15, 0.2) is 54.9 Å². The summed E-state index contributed by atoms with van der Waals surface area (Å²) in [5.41, 5.74) is 1.65. The molecule has 0 saturated carbocycles. The molecular weight excluding hydrogens is 363 g/mol. The van der Waals surface area contributed by atoms with Crippen molar-refractivity contribution in [1.29, 1.82) is 0 Å². The van der Waals surface area contributed by atoms with Gasteiger partial charge >= 0.3 is 0 Å². The number of benzene rings is 2. The number of hydrogen-bond donors (Lipinski definition) is 2. The highest BCUT2D eigenvalue weighted by atomic mass is 19.1. The molecule has 0 unspecified atom stereocenters. The zero-order chi connectivity index (χ0) is 19.9. The molecule has 0 aliphatic heterocycles. The van der Waals surface area contributed by atoms with Gasteiger partial charge in [-0.25, -0.2) is 14.4 Å². The highest BCUT2D eigenvalue weighted by molar-refractivity contribution is 5.92. The Labute approximate surface area is 161 Å². The molecule has 0 spiro atoms. The summed E-state index contributed by atoms with van der Waals surface area (Å²) in [6, 6.07) is 11.2. The third kappa shape index (κ3) is 4.73. The number of carbonyl (C=O) groups excluding carboxylic acids is 1. The lowest BCUT2D eigenvalue weighted by atomic mass is 10.2. The first-order valence-corrected chi connectivity index (χ1v) is 8.43. The van der Waals surface area contributed by atoms with Crippen LogP contribution in [0.1, 0.15) is 16.1 Å². The molecule has 0 saturated heterocycles. The fourth-order valence-corrected chi connectivity index (χ4v) is 2.42. The second kappa shape index (κ2) is 8.81. The summed E-state index contributed by atoms with van der Waals surface area (Å²) in [6.45, 7) is 0.268. The summed E-state index contributed by atoms with van der Waals surface area (Å²) in [5.74, 6) is 1.02. The van der Waals surface area contributed by atoms with E-state index in [0.29, 0.717) is 23.0 Å². The van der Waals surface area contributed by atoms with Crippen LogP contribution in [0.4, 0.5) is 15.9 Å². The highest BCUT2D eigenvalue weighted by Crippen LogP contribution is 2.30. The number of ether oxygens (including phenoxy) is 2. The second-order valence-corrected chi connectivity index (χ2v) is 5.79. The number of nitrogens with one attached hydrogen (secondary N) is 2. The number of rotatable bonds is 7. The predicted molar refractivity (Wildman–Crippen MR) is 102 cm³/mol. The average Bonchev–Trinajstić information content (AvgIpc) is 2.74. The first-order valence-electron chi connectivity index (χ1n) is 8.43. The van der Waals surface area contributed by atoms with Crippen LogP contribution < -0.4 is 20.1 Å². The van der Waals surface area contributed by atoms with Gasteiger partial charge in [0.05, 0.1) is 32.3 Å². The molecule has 2 aromatic carbocycles. The fraction of sp³-hybridized carbons (Fsp3) is 0.150. The van der Waals surface area contributed by atoms with Crippen LogP contribution in [-0.4, -0.2) is 30.1 Å². The summed E-state index contributed by atoms with van der Waals surface area (Å²) >= 11 is 0. The average molecular weight is 382 g/mol.